The van der Waals surface area contributed by atoms with Crippen molar-refractivity contribution >= 4 is 10.1 Å². The SMILES string of the molecule is CCCCNOS(=O)(=O)c1ccc(C)cc1C. The van der Waals surface area contributed by atoms with Gasteiger partial charge in [-0.3, -0.25) is 0 Å². The van der Waals surface area contributed by atoms with Crippen molar-refractivity contribution < 1.29 is 12.7 Å². The van der Waals surface area contributed by atoms with Gasteiger partial charge >= 0.3 is 10.1 Å². The van der Waals surface area contributed by atoms with E-state index in [-0.39, 0.29) is 4.90 Å². The van der Waals surface area contributed by atoms with E-state index in [1.54, 1.807) is 19.1 Å². The van der Waals surface area contributed by atoms with Crippen LogP contribution in [0.25, 0.3) is 0 Å². The number of hydrogen-bond donors (Lipinski definition) is 1. The Bertz CT molecular complexity index is 469. The van der Waals surface area contributed by atoms with E-state index < -0.39 is 10.1 Å². The topological polar surface area (TPSA) is 55.4 Å². The molecule has 1 N–H and O–H groups in total. The van der Waals surface area contributed by atoms with Crippen molar-refractivity contribution in [2.75, 3.05) is 6.54 Å². The van der Waals surface area contributed by atoms with Crippen molar-refractivity contribution in [1.82, 2.24) is 5.48 Å². The Morgan fingerprint density at radius 1 is 1.29 bits per heavy atom. The molecule has 0 aliphatic carbocycles. The fourth-order valence-corrected chi connectivity index (χ4v) is 2.51. The maximum atomic E-state index is 11.8. The van der Waals surface area contributed by atoms with Crippen LogP contribution in [0, 0.1) is 13.8 Å². The second-order valence-corrected chi connectivity index (χ2v) is 5.57. The third kappa shape index (κ3) is 4.11. The lowest BCUT2D eigenvalue weighted by Crippen LogP contribution is -2.21. The van der Waals surface area contributed by atoms with E-state index >= 15 is 0 Å². The van der Waals surface area contributed by atoms with Crippen LogP contribution in [-0.2, 0) is 14.4 Å². The van der Waals surface area contributed by atoms with Crippen LogP contribution in [-0.4, -0.2) is 15.0 Å². The van der Waals surface area contributed by atoms with Crippen molar-refractivity contribution in [3.8, 4) is 0 Å². The highest BCUT2D eigenvalue weighted by Gasteiger charge is 2.17. The zero-order valence-corrected chi connectivity index (χ0v) is 11.3. The third-order valence-corrected chi connectivity index (χ3v) is 3.73. The maximum absolute atomic E-state index is 11.8. The van der Waals surface area contributed by atoms with Crippen molar-refractivity contribution in [3.05, 3.63) is 29.3 Å². The summed E-state index contributed by atoms with van der Waals surface area (Å²) in [5.41, 5.74) is 4.20. The second kappa shape index (κ2) is 6.14. The number of unbranched alkanes of at least 4 members (excludes halogenated alkanes) is 1. The smallest absolute Gasteiger partial charge is 0.192 e. The van der Waals surface area contributed by atoms with Gasteiger partial charge in [-0.25, -0.2) is 0 Å². The minimum atomic E-state index is -3.70. The van der Waals surface area contributed by atoms with Crippen molar-refractivity contribution in [2.45, 2.75) is 38.5 Å². The zero-order valence-electron chi connectivity index (χ0n) is 10.5. The molecule has 4 nitrogen and oxygen atoms in total. The van der Waals surface area contributed by atoms with Crippen LogP contribution in [0.5, 0.6) is 0 Å². The quantitative estimate of drug-likeness (QED) is 0.627. The van der Waals surface area contributed by atoms with E-state index in [1.807, 2.05) is 19.9 Å². The molecule has 0 saturated heterocycles. The molecule has 0 saturated carbocycles. The largest absolute Gasteiger partial charge is 0.313 e. The minimum Gasteiger partial charge on any atom is -0.192 e. The van der Waals surface area contributed by atoms with Crippen LogP contribution >= 0.6 is 0 Å². The van der Waals surface area contributed by atoms with Gasteiger partial charge < -0.3 is 0 Å². The Morgan fingerprint density at radius 3 is 2.59 bits per heavy atom. The van der Waals surface area contributed by atoms with Gasteiger partial charge in [-0.2, -0.15) is 18.2 Å². The first-order valence-electron chi connectivity index (χ1n) is 5.71. The number of nitrogens with one attached hydrogen (secondary N) is 1. The third-order valence-electron chi connectivity index (χ3n) is 2.40. The fraction of sp³-hybridized carbons (Fsp3) is 0.500. The van der Waals surface area contributed by atoms with Gasteiger partial charge in [-0.05, 0) is 31.9 Å². The van der Waals surface area contributed by atoms with E-state index in [0.717, 1.165) is 18.4 Å². The predicted molar refractivity (Wildman–Crippen MR) is 67.1 cm³/mol. The van der Waals surface area contributed by atoms with E-state index in [0.29, 0.717) is 12.1 Å². The average Bonchev–Trinajstić information content (AvgIpc) is 2.24. The molecule has 0 spiro atoms. The molecule has 5 heteroatoms. The molecule has 0 fully saturated rings. The minimum absolute atomic E-state index is 0.215. The van der Waals surface area contributed by atoms with Gasteiger partial charge in [0.05, 0.1) is 4.90 Å². The first-order valence-corrected chi connectivity index (χ1v) is 7.12. The predicted octanol–water partition coefficient (Wildman–Crippen LogP) is 2.31. The van der Waals surface area contributed by atoms with Gasteiger partial charge in [-0.15, -0.1) is 0 Å². The highest BCUT2D eigenvalue weighted by Crippen LogP contribution is 2.17. The van der Waals surface area contributed by atoms with Gasteiger partial charge in [-0.1, -0.05) is 31.0 Å². The molecule has 1 aromatic carbocycles. The lowest BCUT2D eigenvalue weighted by atomic mass is 10.2. The molecule has 1 rings (SSSR count). The van der Waals surface area contributed by atoms with Crippen molar-refractivity contribution in [2.24, 2.45) is 0 Å². The summed E-state index contributed by atoms with van der Waals surface area (Å²) in [6.45, 7) is 6.24. The molecule has 0 bridgehead atoms. The molecule has 96 valence electrons. The lowest BCUT2D eigenvalue weighted by molar-refractivity contribution is 0.202. The molecule has 0 atom stereocenters. The monoisotopic (exact) mass is 257 g/mol. The first kappa shape index (κ1) is 14.2. The Hall–Kier alpha value is -0.910. The highest BCUT2D eigenvalue weighted by atomic mass is 32.2. The van der Waals surface area contributed by atoms with Gasteiger partial charge in [0, 0.05) is 6.54 Å². The van der Waals surface area contributed by atoms with Gasteiger partial charge in [0.15, 0.2) is 0 Å². The lowest BCUT2D eigenvalue weighted by Gasteiger charge is -2.08. The van der Waals surface area contributed by atoms with Gasteiger partial charge in [0.25, 0.3) is 0 Å². The Labute approximate surface area is 103 Å². The zero-order chi connectivity index (χ0) is 12.9. The molecule has 0 heterocycles. The fourth-order valence-electron chi connectivity index (χ4n) is 1.49. The number of rotatable bonds is 6. The molecule has 0 aliphatic heterocycles. The molecule has 0 unspecified atom stereocenters. The van der Waals surface area contributed by atoms with Crippen LogP contribution in [0.4, 0.5) is 0 Å². The Kier molecular flexibility index (Phi) is 5.11. The van der Waals surface area contributed by atoms with E-state index in [1.165, 1.54) is 0 Å². The Morgan fingerprint density at radius 2 is 2.00 bits per heavy atom. The maximum Gasteiger partial charge on any atom is 0.313 e. The summed E-state index contributed by atoms with van der Waals surface area (Å²) in [5, 5.41) is 0. The van der Waals surface area contributed by atoms with E-state index in [9.17, 15) is 8.42 Å². The summed E-state index contributed by atoms with van der Waals surface area (Å²) >= 11 is 0. The number of hydroxylamine groups is 1. The van der Waals surface area contributed by atoms with Crippen LogP contribution < -0.4 is 5.48 Å². The summed E-state index contributed by atoms with van der Waals surface area (Å²) in [4.78, 5) is 0.215. The molecule has 17 heavy (non-hydrogen) atoms. The molecular formula is C12H19NO3S. The van der Waals surface area contributed by atoms with E-state index in [2.05, 4.69) is 5.48 Å². The summed E-state index contributed by atoms with van der Waals surface area (Å²) in [5.74, 6) is 0. The normalized spacial score (nSPS) is 11.7. The number of benzene rings is 1. The van der Waals surface area contributed by atoms with E-state index in [4.69, 9.17) is 4.28 Å². The second-order valence-electron chi connectivity index (χ2n) is 4.05. The van der Waals surface area contributed by atoms with Gasteiger partial charge in [0.2, 0.25) is 0 Å². The van der Waals surface area contributed by atoms with Crippen LogP contribution in [0.2, 0.25) is 0 Å². The summed E-state index contributed by atoms with van der Waals surface area (Å²) in [6.07, 6.45) is 1.86. The van der Waals surface area contributed by atoms with Gasteiger partial charge in [0.1, 0.15) is 0 Å². The van der Waals surface area contributed by atoms with Crippen LogP contribution in [0.3, 0.4) is 0 Å². The molecule has 1 aromatic rings. The standard InChI is InChI=1S/C12H19NO3S/c1-4-5-8-13-16-17(14,15)12-7-6-10(2)9-11(12)3/h6-7,9,13H,4-5,8H2,1-3H3. The first-order chi connectivity index (χ1) is 7.97. The molecule has 0 aliphatic rings. The number of hydrogen-bond acceptors (Lipinski definition) is 4. The molecule has 0 aromatic heterocycles. The van der Waals surface area contributed by atoms with Crippen LogP contribution in [0.1, 0.15) is 30.9 Å². The van der Waals surface area contributed by atoms with Crippen molar-refractivity contribution in [3.63, 3.8) is 0 Å². The molecular weight excluding hydrogens is 238 g/mol. The highest BCUT2D eigenvalue weighted by molar-refractivity contribution is 7.86. The number of aryl methyl sites for hydroxylation is 2. The summed E-state index contributed by atoms with van der Waals surface area (Å²) in [6, 6.07) is 5.15. The summed E-state index contributed by atoms with van der Waals surface area (Å²) < 4.78 is 28.4. The van der Waals surface area contributed by atoms with Crippen LogP contribution in [0.15, 0.2) is 23.1 Å². The molecule has 0 amide bonds. The summed E-state index contributed by atoms with van der Waals surface area (Å²) in [7, 11) is -3.70. The molecule has 0 radical (unpaired) electrons. The van der Waals surface area contributed by atoms with Crippen molar-refractivity contribution in [1.29, 1.82) is 0 Å². The Balaban J connectivity index is 2.76. The average molecular weight is 257 g/mol.